The van der Waals surface area contributed by atoms with Crippen molar-refractivity contribution in [1.29, 1.82) is 0 Å². The molecule has 2 atom stereocenters. The molecule has 2 heterocycles. The predicted molar refractivity (Wildman–Crippen MR) is 92.8 cm³/mol. The summed E-state index contributed by atoms with van der Waals surface area (Å²) >= 11 is 0. The molecular weight excluding hydrogens is 350 g/mol. The van der Waals surface area contributed by atoms with E-state index in [1.807, 2.05) is 4.90 Å². The van der Waals surface area contributed by atoms with Crippen molar-refractivity contribution in [1.82, 2.24) is 14.9 Å². The predicted octanol–water partition coefficient (Wildman–Crippen LogP) is 0.840. The fourth-order valence-corrected chi connectivity index (χ4v) is 4.77. The van der Waals surface area contributed by atoms with Gasteiger partial charge in [0.25, 0.3) is 5.91 Å². The Labute approximate surface area is 148 Å². The monoisotopic (exact) mass is 371 g/mol. The van der Waals surface area contributed by atoms with Crippen LogP contribution in [-0.4, -0.2) is 51.4 Å². The highest BCUT2D eigenvalue weighted by molar-refractivity contribution is 7.89. The number of carbonyl (C=O) groups is 1. The number of sulfonamides is 1. The van der Waals surface area contributed by atoms with Crippen molar-refractivity contribution in [2.45, 2.75) is 23.8 Å². The minimum absolute atomic E-state index is 0. The molecule has 2 saturated heterocycles. The smallest absolute Gasteiger partial charge is 0.253 e. The molecule has 1 amide bonds. The van der Waals surface area contributed by atoms with Gasteiger partial charge in [-0.2, -0.15) is 0 Å². The molecule has 0 radical (unpaired) electrons. The highest BCUT2D eigenvalue weighted by Gasteiger charge is 2.38. The van der Waals surface area contributed by atoms with Crippen molar-refractivity contribution in [3.05, 3.63) is 29.8 Å². The lowest BCUT2D eigenvalue weighted by atomic mass is 10.0. The number of hydrogen-bond acceptors (Lipinski definition) is 4. The van der Waals surface area contributed by atoms with Crippen LogP contribution in [0.1, 0.15) is 23.2 Å². The Morgan fingerprint density at radius 3 is 2.21 bits per heavy atom. The van der Waals surface area contributed by atoms with Crippen LogP contribution < -0.4 is 10.0 Å². The molecule has 1 saturated carbocycles. The molecule has 0 unspecified atom stereocenters. The highest BCUT2D eigenvalue weighted by atomic mass is 35.5. The van der Waals surface area contributed by atoms with Crippen LogP contribution in [0.5, 0.6) is 0 Å². The SMILES string of the molecule is Cl.O=C(c1ccc(S(=O)(=O)NC2CC2)cc1)N1C[C@H]2CNC[C@H]2C1. The minimum atomic E-state index is -3.45. The molecule has 0 bridgehead atoms. The van der Waals surface area contributed by atoms with Gasteiger partial charge in [0.05, 0.1) is 4.90 Å². The molecule has 2 aliphatic heterocycles. The lowest BCUT2D eigenvalue weighted by molar-refractivity contribution is 0.0781. The van der Waals surface area contributed by atoms with Gasteiger partial charge in [0.2, 0.25) is 10.0 Å². The summed E-state index contributed by atoms with van der Waals surface area (Å²) in [5.74, 6) is 1.11. The molecule has 1 aromatic rings. The first-order valence-corrected chi connectivity index (χ1v) is 9.63. The number of hydrogen-bond donors (Lipinski definition) is 2. The lowest BCUT2D eigenvalue weighted by Gasteiger charge is -2.17. The average Bonchev–Trinajstić information content (AvgIpc) is 3.07. The largest absolute Gasteiger partial charge is 0.338 e. The molecule has 1 aliphatic carbocycles. The van der Waals surface area contributed by atoms with Gasteiger partial charge in [0.15, 0.2) is 0 Å². The van der Waals surface area contributed by atoms with E-state index in [0.29, 0.717) is 17.4 Å². The maximum absolute atomic E-state index is 12.6. The third kappa shape index (κ3) is 3.44. The zero-order valence-corrected chi connectivity index (χ0v) is 14.9. The van der Waals surface area contributed by atoms with Gasteiger partial charge in [-0.05, 0) is 48.9 Å². The van der Waals surface area contributed by atoms with Gasteiger partial charge in [0.1, 0.15) is 0 Å². The molecule has 6 nitrogen and oxygen atoms in total. The van der Waals surface area contributed by atoms with E-state index in [2.05, 4.69) is 10.0 Å². The zero-order chi connectivity index (χ0) is 16.0. The number of fused-ring (bicyclic) bond motifs is 1. The standard InChI is InChI=1S/C16H21N3O3S.ClH/c20-16(19-9-12-7-17-8-13(12)10-19)11-1-5-15(6-2-11)23(21,22)18-14-3-4-14;/h1-2,5-6,12-14,17-18H,3-4,7-10H2;1H/t12-,13+;. The molecule has 8 heteroatoms. The van der Waals surface area contributed by atoms with Crippen molar-refractivity contribution in [2.75, 3.05) is 26.2 Å². The van der Waals surface area contributed by atoms with Crippen LogP contribution in [0.3, 0.4) is 0 Å². The van der Waals surface area contributed by atoms with Crippen molar-refractivity contribution in [3.8, 4) is 0 Å². The van der Waals surface area contributed by atoms with Crippen molar-refractivity contribution in [3.63, 3.8) is 0 Å². The molecule has 0 spiro atoms. The second-order valence-corrected chi connectivity index (χ2v) is 8.52. The molecule has 2 N–H and O–H groups in total. The van der Waals surface area contributed by atoms with Gasteiger partial charge in [0, 0.05) is 37.8 Å². The second-order valence-electron chi connectivity index (χ2n) is 6.81. The van der Waals surface area contributed by atoms with Gasteiger partial charge in [-0.3, -0.25) is 4.79 Å². The molecule has 132 valence electrons. The normalized spacial score (nSPS) is 26.1. The van der Waals surface area contributed by atoms with E-state index in [1.165, 1.54) is 12.1 Å². The number of nitrogens with one attached hydrogen (secondary N) is 2. The first-order valence-electron chi connectivity index (χ1n) is 8.15. The zero-order valence-electron chi connectivity index (χ0n) is 13.3. The van der Waals surface area contributed by atoms with Crippen molar-refractivity contribution in [2.24, 2.45) is 11.8 Å². The molecule has 1 aromatic carbocycles. The highest BCUT2D eigenvalue weighted by Crippen LogP contribution is 2.28. The Kier molecular flexibility index (Phi) is 4.88. The van der Waals surface area contributed by atoms with Gasteiger partial charge in [-0.15, -0.1) is 12.4 Å². The molecular formula is C16H22ClN3O3S. The van der Waals surface area contributed by atoms with Crippen LogP contribution in [0.2, 0.25) is 0 Å². The summed E-state index contributed by atoms with van der Waals surface area (Å²) in [6.07, 6.45) is 1.81. The van der Waals surface area contributed by atoms with Crippen LogP contribution >= 0.6 is 12.4 Å². The first-order chi connectivity index (χ1) is 11.0. The molecule has 3 aliphatic rings. The van der Waals surface area contributed by atoms with Gasteiger partial charge in [-0.1, -0.05) is 0 Å². The lowest BCUT2D eigenvalue weighted by Crippen LogP contribution is -2.32. The van der Waals surface area contributed by atoms with E-state index in [1.54, 1.807) is 12.1 Å². The Bertz CT molecular complexity index is 707. The maximum atomic E-state index is 12.6. The summed E-state index contributed by atoms with van der Waals surface area (Å²) in [5.41, 5.74) is 0.559. The number of likely N-dealkylation sites (tertiary alicyclic amines) is 1. The first kappa shape index (κ1) is 17.7. The summed E-state index contributed by atoms with van der Waals surface area (Å²) < 4.78 is 26.9. The van der Waals surface area contributed by atoms with Crippen LogP contribution in [0.4, 0.5) is 0 Å². The number of carbonyl (C=O) groups excluding carboxylic acids is 1. The Morgan fingerprint density at radius 1 is 1.08 bits per heavy atom. The molecule has 0 aromatic heterocycles. The van der Waals surface area contributed by atoms with E-state index < -0.39 is 10.0 Å². The maximum Gasteiger partial charge on any atom is 0.253 e. The van der Waals surface area contributed by atoms with E-state index in [-0.39, 0.29) is 29.3 Å². The molecule has 4 rings (SSSR count). The third-order valence-electron chi connectivity index (χ3n) is 4.99. The van der Waals surface area contributed by atoms with Crippen LogP contribution in [0.15, 0.2) is 29.2 Å². The number of benzene rings is 1. The van der Waals surface area contributed by atoms with Crippen molar-refractivity contribution < 1.29 is 13.2 Å². The summed E-state index contributed by atoms with van der Waals surface area (Å²) in [6, 6.07) is 6.37. The number of amides is 1. The molecule has 24 heavy (non-hydrogen) atoms. The van der Waals surface area contributed by atoms with E-state index in [4.69, 9.17) is 0 Å². The Hall–Kier alpha value is -1.15. The Balaban J connectivity index is 0.00000169. The summed E-state index contributed by atoms with van der Waals surface area (Å²) in [7, 11) is -3.45. The fourth-order valence-electron chi connectivity index (χ4n) is 3.47. The van der Waals surface area contributed by atoms with Gasteiger partial charge in [-0.25, -0.2) is 13.1 Å². The summed E-state index contributed by atoms with van der Waals surface area (Å²) in [5, 5.41) is 3.36. The quantitative estimate of drug-likeness (QED) is 0.822. The second kappa shape index (κ2) is 6.63. The number of nitrogens with zero attached hydrogens (tertiary/aromatic N) is 1. The summed E-state index contributed by atoms with van der Waals surface area (Å²) in [6.45, 7) is 3.55. The topological polar surface area (TPSA) is 78.5 Å². The van der Waals surface area contributed by atoms with E-state index in [0.717, 1.165) is 39.0 Å². The van der Waals surface area contributed by atoms with Gasteiger partial charge >= 0.3 is 0 Å². The van der Waals surface area contributed by atoms with Gasteiger partial charge < -0.3 is 10.2 Å². The number of halogens is 1. The average molecular weight is 372 g/mol. The van der Waals surface area contributed by atoms with E-state index >= 15 is 0 Å². The minimum Gasteiger partial charge on any atom is -0.338 e. The number of rotatable bonds is 4. The molecule has 3 fully saturated rings. The fraction of sp³-hybridized carbons (Fsp3) is 0.562. The van der Waals surface area contributed by atoms with Crippen LogP contribution in [0.25, 0.3) is 0 Å². The summed E-state index contributed by atoms with van der Waals surface area (Å²) in [4.78, 5) is 14.7. The van der Waals surface area contributed by atoms with Crippen LogP contribution in [0, 0.1) is 11.8 Å². The van der Waals surface area contributed by atoms with Crippen molar-refractivity contribution >= 4 is 28.3 Å². The third-order valence-corrected chi connectivity index (χ3v) is 6.52. The van der Waals surface area contributed by atoms with E-state index in [9.17, 15) is 13.2 Å². The van der Waals surface area contributed by atoms with Crippen LogP contribution in [-0.2, 0) is 10.0 Å². The Morgan fingerprint density at radius 2 is 1.67 bits per heavy atom.